The van der Waals surface area contributed by atoms with E-state index >= 15 is 0 Å². The van der Waals surface area contributed by atoms with Crippen LogP contribution in [0.3, 0.4) is 0 Å². The van der Waals surface area contributed by atoms with Crippen LogP contribution in [0.5, 0.6) is 0 Å². The number of carbonyl (C=O) groups is 1. The van der Waals surface area contributed by atoms with Gasteiger partial charge in [0.1, 0.15) is 5.82 Å². The first kappa shape index (κ1) is 17.5. The lowest BCUT2D eigenvalue weighted by molar-refractivity contribution is 0.102. The lowest BCUT2D eigenvalue weighted by Gasteiger charge is -2.27. The van der Waals surface area contributed by atoms with Crippen molar-refractivity contribution in [3.05, 3.63) is 53.7 Å². The molecule has 0 radical (unpaired) electrons. The highest BCUT2D eigenvalue weighted by Gasteiger charge is 2.14. The zero-order valence-corrected chi connectivity index (χ0v) is 15.4. The molecule has 3 heterocycles. The molecule has 7 heteroatoms. The van der Waals surface area contributed by atoms with Crippen molar-refractivity contribution in [1.29, 1.82) is 0 Å². The van der Waals surface area contributed by atoms with E-state index in [-0.39, 0.29) is 5.91 Å². The van der Waals surface area contributed by atoms with Crippen LogP contribution in [-0.2, 0) is 11.2 Å². The Hall–Kier alpha value is -2.93. The number of aryl methyl sites for hydroxylation is 1. The van der Waals surface area contributed by atoms with Crippen molar-refractivity contribution in [3.8, 4) is 0 Å². The van der Waals surface area contributed by atoms with E-state index in [0.29, 0.717) is 30.2 Å². The maximum absolute atomic E-state index is 12.5. The SMILES string of the molecule is CCCc1ccc(C(=O)Nc2cn3nc(N4CCOCC4)ccc3n2)cc1. The number of morpholine rings is 1. The molecule has 1 amide bonds. The van der Waals surface area contributed by atoms with Crippen LogP contribution in [0.1, 0.15) is 29.3 Å². The van der Waals surface area contributed by atoms with Gasteiger partial charge < -0.3 is 15.0 Å². The van der Waals surface area contributed by atoms with Gasteiger partial charge in [-0.05, 0) is 36.2 Å². The third-order valence-corrected chi connectivity index (χ3v) is 4.64. The van der Waals surface area contributed by atoms with E-state index < -0.39 is 0 Å². The summed E-state index contributed by atoms with van der Waals surface area (Å²) in [7, 11) is 0. The Bertz CT molecular complexity index is 929. The third-order valence-electron chi connectivity index (χ3n) is 4.64. The molecule has 1 aliphatic heterocycles. The van der Waals surface area contributed by atoms with E-state index in [4.69, 9.17) is 4.74 Å². The normalized spacial score (nSPS) is 14.5. The van der Waals surface area contributed by atoms with E-state index in [9.17, 15) is 4.79 Å². The number of benzene rings is 1. The highest BCUT2D eigenvalue weighted by Crippen LogP contribution is 2.16. The number of rotatable bonds is 5. The predicted molar refractivity (Wildman–Crippen MR) is 104 cm³/mol. The van der Waals surface area contributed by atoms with Crippen LogP contribution < -0.4 is 10.2 Å². The molecule has 1 aliphatic rings. The van der Waals surface area contributed by atoms with Gasteiger partial charge >= 0.3 is 0 Å². The van der Waals surface area contributed by atoms with Crippen LogP contribution in [-0.4, -0.2) is 46.8 Å². The van der Waals surface area contributed by atoms with Gasteiger partial charge in [0.05, 0.1) is 19.4 Å². The minimum atomic E-state index is -0.171. The van der Waals surface area contributed by atoms with Crippen LogP contribution in [0, 0.1) is 0 Å². The monoisotopic (exact) mass is 365 g/mol. The molecule has 7 nitrogen and oxygen atoms in total. The van der Waals surface area contributed by atoms with Gasteiger partial charge in [0.2, 0.25) is 0 Å². The summed E-state index contributed by atoms with van der Waals surface area (Å²) in [6, 6.07) is 11.6. The minimum absolute atomic E-state index is 0.171. The average Bonchev–Trinajstić information content (AvgIpc) is 3.11. The topological polar surface area (TPSA) is 71.8 Å². The first-order valence-electron chi connectivity index (χ1n) is 9.32. The van der Waals surface area contributed by atoms with Gasteiger partial charge in [0, 0.05) is 18.7 Å². The molecule has 0 bridgehead atoms. The van der Waals surface area contributed by atoms with Gasteiger partial charge in [-0.3, -0.25) is 4.79 Å². The predicted octanol–water partition coefficient (Wildman–Crippen LogP) is 2.77. The minimum Gasteiger partial charge on any atom is -0.378 e. The number of fused-ring (bicyclic) bond motifs is 1. The Labute approximate surface area is 158 Å². The summed E-state index contributed by atoms with van der Waals surface area (Å²) in [5.74, 6) is 1.20. The van der Waals surface area contributed by atoms with Crippen molar-refractivity contribution >= 4 is 23.2 Å². The first-order valence-corrected chi connectivity index (χ1v) is 9.32. The maximum Gasteiger partial charge on any atom is 0.256 e. The van der Waals surface area contributed by atoms with Gasteiger partial charge in [0.15, 0.2) is 11.5 Å². The fraction of sp³-hybridized carbons (Fsp3) is 0.350. The van der Waals surface area contributed by atoms with E-state index in [1.165, 1.54) is 5.56 Å². The van der Waals surface area contributed by atoms with Crippen LogP contribution in [0.4, 0.5) is 11.6 Å². The maximum atomic E-state index is 12.5. The van der Waals surface area contributed by atoms with Gasteiger partial charge in [-0.2, -0.15) is 0 Å². The Morgan fingerprint density at radius 1 is 1.15 bits per heavy atom. The quantitative estimate of drug-likeness (QED) is 0.753. The summed E-state index contributed by atoms with van der Waals surface area (Å²) in [4.78, 5) is 19.1. The van der Waals surface area contributed by atoms with Crippen molar-refractivity contribution in [2.75, 3.05) is 36.5 Å². The molecule has 2 aromatic heterocycles. The van der Waals surface area contributed by atoms with Crippen molar-refractivity contribution in [1.82, 2.24) is 14.6 Å². The smallest absolute Gasteiger partial charge is 0.256 e. The molecule has 1 saturated heterocycles. The van der Waals surface area contributed by atoms with Gasteiger partial charge in [-0.1, -0.05) is 25.5 Å². The number of nitrogens with zero attached hydrogens (tertiary/aromatic N) is 4. The molecule has 0 aliphatic carbocycles. The van der Waals surface area contributed by atoms with E-state index in [1.807, 2.05) is 36.4 Å². The number of hydrogen-bond acceptors (Lipinski definition) is 5. The number of hydrogen-bond donors (Lipinski definition) is 1. The number of carbonyl (C=O) groups excluding carboxylic acids is 1. The summed E-state index contributed by atoms with van der Waals surface area (Å²) < 4.78 is 7.08. The fourth-order valence-electron chi connectivity index (χ4n) is 3.19. The molecular weight excluding hydrogens is 342 g/mol. The second kappa shape index (κ2) is 7.75. The van der Waals surface area contributed by atoms with Gasteiger partial charge in [-0.15, -0.1) is 5.10 Å². The average molecular weight is 365 g/mol. The standard InChI is InChI=1S/C20H23N5O2/c1-2-3-15-4-6-16(7-5-15)20(26)22-17-14-25-18(21-17)8-9-19(23-25)24-10-12-27-13-11-24/h4-9,14H,2-3,10-13H2,1H3,(H,22,26). The molecule has 140 valence electrons. The van der Waals surface area contributed by atoms with Crippen molar-refractivity contribution in [3.63, 3.8) is 0 Å². The zero-order valence-electron chi connectivity index (χ0n) is 15.4. The summed E-state index contributed by atoms with van der Waals surface area (Å²) >= 11 is 0. The largest absolute Gasteiger partial charge is 0.378 e. The fourth-order valence-corrected chi connectivity index (χ4v) is 3.19. The highest BCUT2D eigenvalue weighted by atomic mass is 16.5. The molecule has 0 spiro atoms. The van der Waals surface area contributed by atoms with E-state index in [0.717, 1.165) is 31.7 Å². The Morgan fingerprint density at radius 2 is 1.93 bits per heavy atom. The van der Waals surface area contributed by atoms with Crippen LogP contribution >= 0.6 is 0 Å². The third kappa shape index (κ3) is 3.93. The van der Waals surface area contributed by atoms with Crippen LogP contribution in [0.2, 0.25) is 0 Å². The number of amides is 1. The Kier molecular flexibility index (Phi) is 5.02. The van der Waals surface area contributed by atoms with Crippen LogP contribution in [0.15, 0.2) is 42.6 Å². The van der Waals surface area contributed by atoms with Crippen LogP contribution in [0.25, 0.3) is 5.65 Å². The van der Waals surface area contributed by atoms with Gasteiger partial charge in [-0.25, -0.2) is 9.50 Å². The highest BCUT2D eigenvalue weighted by molar-refractivity contribution is 6.03. The summed E-state index contributed by atoms with van der Waals surface area (Å²) in [6.45, 7) is 5.21. The van der Waals surface area contributed by atoms with Gasteiger partial charge in [0.25, 0.3) is 5.91 Å². The number of nitrogens with one attached hydrogen (secondary N) is 1. The van der Waals surface area contributed by atoms with Crippen molar-refractivity contribution in [2.45, 2.75) is 19.8 Å². The number of anilines is 2. The summed E-state index contributed by atoms with van der Waals surface area (Å²) in [5, 5.41) is 7.46. The number of imidazole rings is 1. The summed E-state index contributed by atoms with van der Waals surface area (Å²) in [6.07, 6.45) is 3.85. The number of aromatic nitrogens is 3. The lowest BCUT2D eigenvalue weighted by atomic mass is 10.1. The molecule has 0 unspecified atom stereocenters. The van der Waals surface area contributed by atoms with Crippen molar-refractivity contribution in [2.24, 2.45) is 0 Å². The molecule has 1 fully saturated rings. The van der Waals surface area contributed by atoms with Crippen molar-refractivity contribution < 1.29 is 9.53 Å². The molecule has 0 saturated carbocycles. The Balaban J connectivity index is 1.49. The zero-order chi connectivity index (χ0) is 18.6. The molecule has 27 heavy (non-hydrogen) atoms. The number of ether oxygens (including phenoxy) is 1. The van der Waals surface area contributed by atoms with E-state index in [1.54, 1.807) is 10.7 Å². The second-order valence-electron chi connectivity index (χ2n) is 6.62. The Morgan fingerprint density at radius 3 is 2.67 bits per heavy atom. The molecule has 3 aromatic rings. The molecule has 0 atom stereocenters. The lowest BCUT2D eigenvalue weighted by Crippen LogP contribution is -2.36. The van der Waals surface area contributed by atoms with E-state index in [2.05, 4.69) is 27.2 Å². The summed E-state index contributed by atoms with van der Waals surface area (Å²) in [5.41, 5.74) is 2.55. The second-order valence-corrected chi connectivity index (χ2v) is 6.62. The first-order chi connectivity index (χ1) is 13.2. The molecule has 4 rings (SSSR count). The molecule has 1 N–H and O–H groups in total. The molecular formula is C20H23N5O2. The molecule has 1 aromatic carbocycles.